The third-order valence-corrected chi connectivity index (χ3v) is 4.33. The van der Waals surface area contributed by atoms with Gasteiger partial charge in [0.05, 0.1) is 5.69 Å². The Morgan fingerprint density at radius 1 is 1.21 bits per heavy atom. The van der Waals surface area contributed by atoms with E-state index in [1.807, 2.05) is 0 Å². The molecular formula is C20H15FN2O5S. The van der Waals surface area contributed by atoms with Gasteiger partial charge < -0.3 is 9.84 Å². The van der Waals surface area contributed by atoms with E-state index in [0.717, 1.165) is 4.90 Å². The van der Waals surface area contributed by atoms with Crippen LogP contribution in [0, 0.1) is 5.82 Å². The molecular weight excluding hydrogens is 399 g/mol. The molecule has 2 aromatic carbocycles. The summed E-state index contributed by atoms with van der Waals surface area (Å²) in [6.45, 7) is 1.39. The molecule has 1 fully saturated rings. The van der Waals surface area contributed by atoms with Crippen LogP contribution in [0.3, 0.4) is 0 Å². The number of benzene rings is 2. The highest BCUT2D eigenvalue weighted by atomic mass is 32.1. The van der Waals surface area contributed by atoms with Crippen molar-refractivity contribution in [2.24, 2.45) is 0 Å². The van der Waals surface area contributed by atoms with Gasteiger partial charge in [0.25, 0.3) is 11.8 Å². The Kier molecular flexibility index (Phi) is 5.69. The number of carboxylic acid groups (broad SMARTS) is 1. The van der Waals surface area contributed by atoms with E-state index in [4.69, 9.17) is 22.1 Å². The fraction of sp³-hybridized carbons (Fsp3) is 0.100. The molecule has 0 spiro atoms. The quantitative estimate of drug-likeness (QED) is 0.443. The Labute approximate surface area is 170 Å². The molecule has 1 saturated heterocycles. The molecule has 148 valence electrons. The number of hydrogen-bond acceptors (Lipinski definition) is 5. The van der Waals surface area contributed by atoms with Gasteiger partial charge in [-0.2, -0.15) is 0 Å². The van der Waals surface area contributed by atoms with Gasteiger partial charge in [0, 0.05) is 0 Å². The Hall–Kier alpha value is -3.59. The number of halogens is 1. The summed E-state index contributed by atoms with van der Waals surface area (Å²) in [5, 5.41) is 11.0. The number of nitrogens with one attached hydrogen (secondary N) is 1. The monoisotopic (exact) mass is 414 g/mol. The van der Waals surface area contributed by atoms with Gasteiger partial charge in [0.2, 0.25) is 0 Å². The summed E-state index contributed by atoms with van der Waals surface area (Å²) in [5.41, 5.74) is 0.189. The van der Waals surface area contributed by atoms with Crippen LogP contribution in [-0.2, 0) is 14.4 Å². The van der Waals surface area contributed by atoms with Gasteiger partial charge in [-0.15, -0.1) is 0 Å². The number of anilines is 1. The smallest absolute Gasteiger partial charge is 0.344 e. The molecule has 0 aliphatic carbocycles. The Balaban J connectivity index is 1.89. The van der Waals surface area contributed by atoms with Crippen LogP contribution >= 0.6 is 12.2 Å². The molecule has 29 heavy (non-hydrogen) atoms. The van der Waals surface area contributed by atoms with Gasteiger partial charge in [0.1, 0.15) is 17.1 Å². The molecule has 0 bridgehead atoms. The first-order valence-electron chi connectivity index (χ1n) is 8.43. The van der Waals surface area contributed by atoms with E-state index in [-0.39, 0.29) is 16.4 Å². The fourth-order valence-electron chi connectivity index (χ4n) is 2.57. The third kappa shape index (κ3) is 4.30. The average molecular weight is 414 g/mol. The highest BCUT2D eigenvalue weighted by Crippen LogP contribution is 2.25. The molecule has 1 aliphatic rings. The molecule has 1 heterocycles. The summed E-state index contributed by atoms with van der Waals surface area (Å²) in [7, 11) is 0. The van der Waals surface area contributed by atoms with Gasteiger partial charge in [-0.3, -0.25) is 14.9 Å². The third-order valence-electron chi connectivity index (χ3n) is 4.05. The van der Waals surface area contributed by atoms with Crippen LogP contribution in [0.25, 0.3) is 6.08 Å². The van der Waals surface area contributed by atoms with Crippen LogP contribution in [0.15, 0.2) is 54.1 Å². The minimum absolute atomic E-state index is 0.0696. The van der Waals surface area contributed by atoms with E-state index in [2.05, 4.69) is 5.32 Å². The highest BCUT2D eigenvalue weighted by molar-refractivity contribution is 7.80. The van der Waals surface area contributed by atoms with Crippen LogP contribution in [0.1, 0.15) is 12.5 Å². The predicted octanol–water partition coefficient (Wildman–Crippen LogP) is 2.51. The Morgan fingerprint density at radius 2 is 1.86 bits per heavy atom. The van der Waals surface area contributed by atoms with Crippen molar-refractivity contribution in [3.8, 4) is 5.75 Å². The van der Waals surface area contributed by atoms with E-state index in [0.29, 0.717) is 11.3 Å². The van der Waals surface area contributed by atoms with Crippen LogP contribution in [0.2, 0.25) is 0 Å². The van der Waals surface area contributed by atoms with Crippen molar-refractivity contribution in [3.05, 3.63) is 65.5 Å². The van der Waals surface area contributed by atoms with Crippen molar-refractivity contribution in [1.82, 2.24) is 5.32 Å². The number of thiocarbonyl (C=S) groups is 1. The number of rotatable bonds is 5. The highest BCUT2D eigenvalue weighted by Gasteiger charge is 2.35. The summed E-state index contributed by atoms with van der Waals surface area (Å²) in [6, 6.07) is 11.7. The molecule has 2 aromatic rings. The number of ether oxygens (including phenoxy) is 1. The summed E-state index contributed by atoms with van der Waals surface area (Å²) < 4.78 is 19.4. The first-order chi connectivity index (χ1) is 13.8. The van der Waals surface area contributed by atoms with Crippen molar-refractivity contribution in [2.45, 2.75) is 13.0 Å². The number of para-hydroxylation sites is 1. The standard InChI is InChI=1S/C20H15FN2O5S/c1-11(19(26)27)28-13-8-6-12(7-9-13)10-14-17(24)22-20(29)23(18(14)25)16-5-3-2-4-15(16)21/h2-11H,1H3,(H,26,27)(H,22,24,29)/b14-10+/t11-/m0/s1. The molecule has 7 nitrogen and oxygen atoms in total. The Morgan fingerprint density at radius 3 is 2.48 bits per heavy atom. The molecule has 0 radical (unpaired) electrons. The van der Waals surface area contributed by atoms with E-state index in [1.54, 1.807) is 18.2 Å². The summed E-state index contributed by atoms with van der Waals surface area (Å²) in [4.78, 5) is 36.9. The zero-order chi connectivity index (χ0) is 21.1. The Bertz CT molecular complexity index is 1040. The molecule has 9 heteroatoms. The second-order valence-corrected chi connectivity index (χ2v) is 6.46. The van der Waals surface area contributed by atoms with Crippen molar-refractivity contribution in [3.63, 3.8) is 0 Å². The lowest BCUT2D eigenvalue weighted by atomic mass is 10.1. The SMILES string of the molecule is C[C@H](Oc1ccc(/C=C2\C(=O)NC(=S)N(c3ccccc3F)C2=O)cc1)C(=O)O. The maximum Gasteiger partial charge on any atom is 0.344 e. The van der Waals surface area contributed by atoms with Gasteiger partial charge >= 0.3 is 5.97 Å². The number of carbonyl (C=O) groups excluding carboxylic acids is 2. The van der Waals surface area contributed by atoms with Gasteiger partial charge in [-0.05, 0) is 55.0 Å². The lowest BCUT2D eigenvalue weighted by Crippen LogP contribution is -2.54. The van der Waals surface area contributed by atoms with Crippen LogP contribution < -0.4 is 15.0 Å². The van der Waals surface area contributed by atoms with Crippen LogP contribution in [0.4, 0.5) is 10.1 Å². The molecule has 3 rings (SSSR count). The molecule has 0 aromatic heterocycles. The molecule has 1 aliphatic heterocycles. The summed E-state index contributed by atoms with van der Waals surface area (Å²) >= 11 is 5.03. The lowest BCUT2D eigenvalue weighted by Gasteiger charge is -2.29. The zero-order valence-electron chi connectivity index (χ0n) is 15.1. The zero-order valence-corrected chi connectivity index (χ0v) is 15.9. The van der Waals surface area contributed by atoms with Crippen molar-refractivity contribution >= 4 is 46.9 Å². The van der Waals surface area contributed by atoms with E-state index < -0.39 is 29.7 Å². The largest absolute Gasteiger partial charge is 0.479 e. The first-order valence-corrected chi connectivity index (χ1v) is 8.84. The van der Waals surface area contributed by atoms with Crippen LogP contribution in [-0.4, -0.2) is 34.1 Å². The maximum absolute atomic E-state index is 14.1. The number of hydrogen-bond donors (Lipinski definition) is 2. The van der Waals surface area contributed by atoms with Gasteiger partial charge in [-0.1, -0.05) is 24.3 Å². The summed E-state index contributed by atoms with van der Waals surface area (Å²) in [6.07, 6.45) is 0.303. The topological polar surface area (TPSA) is 95.9 Å². The van der Waals surface area contributed by atoms with E-state index in [1.165, 1.54) is 43.3 Å². The normalized spacial score (nSPS) is 16.6. The van der Waals surface area contributed by atoms with Crippen molar-refractivity contribution in [2.75, 3.05) is 4.90 Å². The summed E-state index contributed by atoms with van der Waals surface area (Å²) in [5.74, 6) is -2.91. The fourth-order valence-corrected chi connectivity index (χ4v) is 2.85. The molecule has 2 N–H and O–H groups in total. The lowest BCUT2D eigenvalue weighted by molar-refractivity contribution is -0.144. The van der Waals surface area contributed by atoms with E-state index >= 15 is 0 Å². The number of amides is 2. The molecule has 0 unspecified atom stereocenters. The van der Waals surface area contributed by atoms with E-state index in [9.17, 15) is 18.8 Å². The van der Waals surface area contributed by atoms with Crippen molar-refractivity contribution < 1.29 is 28.6 Å². The number of carbonyl (C=O) groups is 3. The molecule has 2 amide bonds. The molecule has 1 atom stereocenters. The number of aliphatic carboxylic acids is 1. The van der Waals surface area contributed by atoms with Crippen molar-refractivity contribution in [1.29, 1.82) is 0 Å². The second-order valence-electron chi connectivity index (χ2n) is 6.08. The minimum Gasteiger partial charge on any atom is -0.479 e. The molecule has 0 saturated carbocycles. The number of carboxylic acids is 1. The minimum atomic E-state index is -1.11. The van der Waals surface area contributed by atoms with Gasteiger partial charge in [-0.25, -0.2) is 14.1 Å². The maximum atomic E-state index is 14.1. The average Bonchev–Trinajstić information content (AvgIpc) is 2.67. The number of nitrogens with zero attached hydrogens (tertiary/aromatic N) is 1. The first kappa shape index (κ1) is 20.2. The predicted molar refractivity (Wildman–Crippen MR) is 107 cm³/mol. The second kappa shape index (κ2) is 8.19. The van der Waals surface area contributed by atoms with Gasteiger partial charge in [0.15, 0.2) is 11.2 Å². The van der Waals surface area contributed by atoms with Crippen LogP contribution in [0.5, 0.6) is 5.75 Å².